The number of nitrogens with two attached hydrogens (primary N) is 1. The van der Waals surface area contributed by atoms with Crippen molar-refractivity contribution in [2.75, 3.05) is 0 Å². The zero-order chi connectivity index (χ0) is 17.6. The molecule has 0 fully saturated rings. The molecule has 3 aromatic rings. The van der Waals surface area contributed by atoms with Gasteiger partial charge >= 0.3 is 0 Å². The second-order valence-corrected chi connectivity index (χ2v) is 7.23. The topological polar surface area (TPSA) is 71.0 Å². The van der Waals surface area contributed by atoms with E-state index in [0.29, 0.717) is 10.7 Å². The summed E-state index contributed by atoms with van der Waals surface area (Å²) in [4.78, 5) is 0. The smallest absolute Gasteiger partial charge is 0.180 e. The molecule has 0 radical (unpaired) electrons. The third kappa shape index (κ3) is 4.61. The van der Waals surface area contributed by atoms with Gasteiger partial charge in [0.25, 0.3) is 0 Å². The highest BCUT2D eigenvalue weighted by atomic mass is 79.9. The van der Waals surface area contributed by atoms with Crippen LogP contribution in [0.4, 0.5) is 0 Å². The molecule has 0 aliphatic heterocycles. The number of hydrogen-bond acceptors (Lipinski definition) is 4. The number of hydrogen-bond donors (Lipinski definition) is 2. The summed E-state index contributed by atoms with van der Waals surface area (Å²) in [6, 6.07) is 19.4. The van der Waals surface area contributed by atoms with Gasteiger partial charge in [-0.25, -0.2) is 0 Å². The van der Waals surface area contributed by atoms with Crippen molar-refractivity contribution < 1.29 is 5.11 Å². The predicted octanol–water partition coefficient (Wildman–Crippen LogP) is 4.89. The molecule has 0 amide bonds. The molecule has 0 unspecified atom stereocenters. The Bertz CT molecular complexity index is 942. The number of aromatic hydroxyl groups is 1. The van der Waals surface area contributed by atoms with Crippen LogP contribution in [0.1, 0.15) is 11.1 Å². The molecule has 3 aromatic carbocycles. The van der Waals surface area contributed by atoms with E-state index < -0.39 is 0 Å². The average molecular weight is 414 g/mol. The van der Waals surface area contributed by atoms with Crippen LogP contribution in [-0.4, -0.2) is 16.5 Å². The van der Waals surface area contributed by atoms with Crippen molar-refractivity contribution in [3.63, 3.8) is 0 Å². The number of thioether (sulfide) groups is 1. The number of phenolic OH excluding ortho intramolecular Hbond substituents is 1. The Morgan fingerprint density at radius 3 is 2.72 bits per heavy atom. The first-order valence-corrected chi connectivity index (χ1v) is 9.36. The fourth-order valence-electron chi connectivity index (χ4n) is 2.35. The lowest BCUT2D eigenvalue weighted by atomic mass is 10.0. The minimum atomic E-state index is 0.157. The van der Waals surface area contributed by atoms with Gasteiger partial charge in [-0.2, -0.15) is 5.10 Å². The number of amidine groups is 1. The third-order valence-corrected chi connectivity index (χ3v) is 4.92. The van der Waals surface area contributed by atoms with Crippen LogP contribution in [-0.2, 0) is 5.75 Å². The summed E-state index contributed by atoms with van der Waals surface area (Å²) in [5, 5.41) is 20.4. The SMILES string of the molecule is NC(=NN=Cc1c(O)ccc2cc(Br)ccc12)SCc1ccccc1. The highest BCUT2D eigenvalue weighted by Gasteiger charge is 2.05. The Hall–Kier alpha value is -2.31. The van der Waals surface area contributed by atoms with Crippen molar-refractivity contribution in [3.8, 4) is 5.75 Å². The molecule has 0 heterocycles. The van der Waals surface area contributed by atoms with E-state index in [0.717, 1.165) is 21.0 Å². The molecular weight excluding hydrogens is 398 g/mol. The summed E-state index contributed by atoms with van der Waals surface area (Å²) in [5.41, 5.74) is 7.68. The van der Waals surface area contributed by atoms with Crippen molar-refractivity contribution in [2.45, 2.75) is 5.75 Å². The van der Waals surface area contributed by atoms with Crippen LogP contribution in [0.15, 0.2) is 75.3 Å². The number of nitrogens with zero attached hydrogens (tertiary/aromatic N) is 2. The van der Waals surface area contributed by atoms with E-state index in [2.05, 4.69) is 26.1 Å². The molecule has 3 N–H and O–H groups in total. The molecule has 0 aliphatic carbocycles. The first kappa shape index (κ1) is 17.5. The van der Waals surface area contributed by atoms with Crippen molar-refractivity contribution >= 4 is 49.8 Å². The summed E-state index contributed by atoms with van der Waals surface area (Å²) in [7, 11) is 0. The van der Waals surface area contributed by atoms with Crippen molar-refractivity contribution in [2.24, 2.45) is 15.9 Å². The maximum absolute atomic E-state index is 10.1. The van der Waals surface area contributed by atoms with E-state index in [-0.39, 0.29) is 5.75 Å². The Morgan fingerprint density at radius 2 is 1.92 bits per heavy atom. The molecule has 0 spiro atoms. The Kier molecular flexibility index (Phi) is 5.73. The molecule has 25 heavy (non-hydrogen) atoms. The van der Waals surface area contributed by atoms with Gasteiger partial charge in [0.1, 0.15) is 5.75 Å². The molecule has 0 saturated carbocycles. The van der Waals surface area contributed by atoms with Gasteiger partial charge in [0.05, 0.1) is 6.21 Å². The zero-order valence-corrected chi connectivity index (χ0v) is 15.7. The minimum Gasteiger partial charge on any atom is -0.507 e. The molecule has 6 heteroatoms. The lowest BCUT2D eigenvalue weighted by molar-refractivity contribution is 0.475. The van der Waals surface area contributed by atoms with E-state index in [1.54, 1.807) is 6.07 Å². The molecule has 0 saturated heterocycles. The summed E-state index contributed by atoms with van der Waals surface area (Å²) in [6.45, 7) is 0. The molecule has 0 atom stereocenters. The van der Waals surface area contributed by atoms with E-state index in [1.165, 1.54) is 23.5 Å². The highest BCUT2D eigenvalue weighted by Crippen LogP contribution is 2.28. The highest BCUT2D eigenvalue weighted by molar-refractivity contribution is 9.10. The second-order valence-electron chi connectivity index (χ2n) is 5.32. The van der Waals surface area contributed by atoms with Crippen molar-refractivity contribution in [1.29, 1.82) is 0 Å². The lowest BCUT2D eigenvalue weighted by Crippen LogP contribution is -2.06. The number of fused-ring (bicyclic) bond motifs is 1. The minimum absolute atomic E-state index is 0.157. The summed E-state index contributed by atoms with van der Waals surface area (Å²) in [5.74, 6) is 0.892. The second kappa shape index (κ2) is 8.18. The summed E-state index contributed by atoms with van der Waals surface area (Å²) >= 11 is 4.87. The zero-order valence-electron chi connectivity index (χ0n) is 13.3. The van der Waals surface area contributed by atoms with Gasteiger partial charge in [0.15, 0.2) is 5.17 Å². The summed E-state index contributed by atoms with van der Waals surface area (Å²) in [6.07, 6.45) is 1.53. The largest absolute Gasteiger partial charge is 0.507 e. The quantitative estimate of drug-likeness (QED) is 0.363. The van der Waals surface area contributed by atoms with Crippen LogP contribution in [0.3, 0.4) is 0 Å². The first-order chi connectivity index (χ1) is 12.1. The van der Waals surface area contributed by atoms with Gasteiger partial charge in [-0.1, -0.05) is 70.2 Å². The molecular formula is C19H16BrN3OS. The van der Waals surface area contributed by atoms with Gasteiger partial charge < -0.3 is 10.8 Å². The van der Waals surface area contributed by atoms with Gasteiger partial charge in [-0.05, 0) is 34.5 Å². The van der Waals surface area contributed by atoms with E-state index in [1.807, 2.05) is 54.6 Å². The van der Waals surface area contributed by atoms with E-state index >= 15 is 0 Å². The number of phenols is 1. The first-order valence-electron chi connectivity index (χ1n) is 7.58. The molecule has 0 aliphatic rings. The monoisotopic (exact) mass is 413 g/mol. The molecule has 126 valence electrons. The Labute approximate surface area is 158 Å². The Morgan fingerprint density at radius 1 is 1.12 bits per heavy atom. The number of rotatable bonds is 4. The third-order valence-electron chi connectivity index (χ3n) is 3.57. The van der Waals surface area contributed by atoms with Crippen LogP contribution in [0.5, 0.6) is 5.75 Å². The van der Waals surface area contributed by atoms with Crippen LogP contribution in [0, 0.1) is 0 Å². The predicted molar refractivity (Wildman–Crippen MR) is 110 cm³/mol. The fraction of sp³-hybridized carbons (Fsp3) is 0.0526. The standard InChI is InChI=1S/C19H16BrN3OS/c20-15-7-8-16-14(10-15)6-9-18(24)17(16)11-22-23-19(21)25-12-13-4-2-1-3-5-13/h1-11,24H,12H2,(H2,21,23). The van der Waals surface area contributed by atoms with Gasteiger partial charge in [-0.15, -0.1) is 5.10 Å². The average Bonchev–Trinajstić information content (AvgIpc) is 2.63. The molecule has 4 nitrogen and oxygen atoms in total. The van der Waals surface area contributed by atoms with E-state index in [9.17, 15) is 5.11 Å². The maximum atomic E-state index is 10.1. The van der Waals surface area contributed by atoms with E-state index in [4.69, 9.17) is 5.73 Å². The fourth-order valence-corrected chi connectivity index (χ4v) is 3.34. The molecule has 0 bridgehead atoms. The lowest BCUT2D eigenvalue weighted by Gasteiger charge is -2.05. The van der Waals surface area contributed by atoms with Gasteiger partial charge in [0.2, 0.25) is 0 Å². The van der Waals surface area contributed by atoms with Gasteiger partial charge in [-0.3, -0.25) is 0 Å². The number of halogens is 1. The number of benzene rings is 3. The molecule has 0 aromatic heterocycles. The van der Waals surface area contributed by atoms with Crippen LogP contribution < -0.4 is 5.73 Å². The maximum Gasteiger partial charge on any atom is 0.180 e. The normalized spacial score (nSPS) is 12.1. The van der Waals surface area contributed by atoms with Crippen molar-refractivity contribution in [1.82, 2.24) is 0 Å². The van der Waals surface area contributed by atoms with Crippen LogP contribution >= 0.6 is 27.7 Å². The van der Waals surface area contributed by atoms with Gasteiger partial charge in [0, 0.05) is 15.8 Å². The van der Waals surface area contributed by atoms with Crippen LogP contribution in [0.25, 0.3) is 10.8 Å². The van der Waals surface area contributed by atoms with Crippen LogP contribution in [0.2, 0.25) is 0 Å². The van der Waals surface area contributed by atoms with Crippen molar-refractivity contribution in [3.05, 3.63) is 76.3 Å². The summed E-state index contributed by atoms with van der Waals surface area (Å²) < 4.78 is 0.980. The Balaban J connectivity index is 1.75. The molecule has 3 rings (SSSR count).